The molecule has 0 saturated carbocycles. The van der Waals surface area contributed by atoms with Crippen LogP contribution in [0.2, 0.25) is 0 Å². The quantitative estimate of drug-likeness (QED) is 0.722. The average molecular weight is 205 g/mol. The molecule has 0 bridgehead atoms. The number of nitrogens with two attached hydrogens (primary N) is 1. The smallest absolute Gasteiger partial charge is 0.258 e. The van der Waals surface area contributed by atoms with Crippen LogP contribution in [-0.2, 0) is 11.2 Å². The highest BCUT2D eigenvalue weighted by atomic mass is 16.5. The largest absolute Gasteiger partial charge is 0.480 e. The van der Waals surface area contributed by atoms with E-state index in [-0.39, 0.29) is 0 Å². The van der Waals surface area contributed by atoms with Crippen molar-refractivity contribution in [3.63, 3.8) is 0 Å². The van der Waals surface area contributed by atoms with Gasteiger partial charge in [0.1, 0.15) is 12.0 Å². The summed E-state index contributed by atoms with van der Waals surface area (Å²) in [6.45, 7) is 0. The molecule has 4 heteroatoms. The van der Waals surface area contributed by atoms with Gasteiger partial charge in [-0.05, 0) is 36.6 Å². The van der Waals surface area contributed by atoms with Gasteiger partial charge in [-0.1, -0.05) is 0 Å². The van der Waals surface area contributed by atoms with E-state index in [4.69, 9.17) is 10.5 Å². The van der Waals surface area contributed by atoms with Crippen LogP contribution in [0.5, 0.6) is 5.75 Å². The Labute approximate surface area is 87.0 Å². The molecule has 0 spiro atoms. The molecular weight excluding hydrogens is 194 g/mol. The van der Waals surface area contributed by atoms with Gasteiger partial charge in [0.25, 0.3) is 5.91 Å². The van der Waals surface area contributed by atoms with Crippen molar-refractivity contribution < 1.29 is 14.3 Å². The SMILES string of the molecule is NC(=O)C1CCc2cc(C=O)ccc2O1. The minimum absolute atomic E-state index is 0.444. The number of fused-ring (bicyclic) bond motifs is 1. The van der Waals surface area contributed by atoms with E-state index in [2.05, 4.69) is 0 Å². The highest BCUT2D eigenvalue weighted by Gasteiger charge is 2.23. The summed E-state index contributed by atoms with van der Waals surface area (Å²) < 4.78 is 5.40. The molecule has 2 rings (SSSR count). The van der Waals surface area contributed by atoms with Crippen LogP contribution in [0.25, 0.3) is 0 Å². The van der Waals surface area contributed by atoms with Gasteiger partial charge in [-0.3, -0.25) is 9.59 Å². The van der Waals surface area contributed by atoms with Crippen molar-refractivity contribution in [3.8, 4) is 5.75 Å². The van der Waals surface area contributed by atoms with E-state index in [0.717, 1.165) is 11.8 Å². The Balaban J connectivity index is 2.28. The molecule has 1 aromatic rings. The van der Waals surface area contributed by atoms with Gasteiger partial charge in [0.15, 0.2) is 6.10 Å². The third-order valence-corrected chi connectivity index (χ3v) is 2.48. The Kier molecular flexibility index (Phi) is 2.41. The number of carbonyl (C=O) groups excluding carboxylic acids is 2. The Bertz CT molecular complexity index is 414. The molecule has 0 aliphatic carbocycles. The fourth-order valence-corrected chi connectivity index (χ4v) is 1.68. The summed E-state index contributed by atoms with van der Waals surface area (Å²) in [6.07, 6.45) is 1.54. The van der Waals surface area contributed by atoms with Crippen molar-refractivity contribution in [1.82, 2.24) is 0 Å². The third-order valence-electron chi connectivity index (χ3n) is 2.48. The van der Waals surface area contributed by atoms with Gasteiger partial charge >= 0.3 is 0 Å². The molecule has 15 heavy (non-hydrogen) atoms. The number of aryl methyl sites for hydroxylation is 1. The molecule has 1 atom stereocenters. The van der Waals surface area contributed by atoms with Crippen molar-refractivity contribution in [2.45, 2.75) is 18.9 Å². The maximum Gasteiger partial charge on any atom is 0.258 e. The monoisotopic (exact) mass is 205 g/mol. The standard InChI is InChI=1S/C11H11NO3/c12-11(14)10-4-2-8-5-7(6-13)1-3-9(8)15-10/h1,3,5-6,10H,2,4H2,(H2,12,14). The Morgan fingerprint density at radius 1 is 1.53 bits per heavy atom. The molecule has 4 nitrogen and oxygen atoms in total. The summed E-state index contributed by atoms with van der Waals surface area (Å²) in [6, 6.07) is 5.14. The molecule has 0 saturated heterocycles. The number of hydrogen-bond acceptors (Lipinski definition) is 3. The fraction of sp³-hybridized carbons (Fsp3) is 0.273. The number of ether oxygens (including phenoxy) is 1. The lowest BCUT2D eigenvalue weighted by Gasteiger charge is -2.23. The van der Waals surface area contributed by atoms with Crippen molar-refractivity contribution >= 4 is 12.2 Å². The van der Waals surface area contributed by atoms with Crippen molar-refractivity contribution in [2.75, 3.05) is 0 Å². The summed E-state index contributed by atoms with van der Waals surface area (Å²) in [4.78, 5) is 21.5. The van der Waals surface area contributed by atoms with Crippen LogP contribution in [-0.4, -0.2) is 18.3 Å². The van der Waals surface area contributed by atoms with E-state index < -0.39 is 12.0 Å². The first kappa shape index (κ1) is 9.71. The number of carbonyl (C=O) groups is 2. The number of primary amides is 1. The lowest BCUT2D eigenvalue weighted by Crippen LogP contribution is -2.36. The van der Waals surface area contributed by atoms with Gasteiger partial charge in [0, 0.05) is 5.56 Å². The Hall–Kier alpha value is -1.84. The molecule has 0 fully saturated rings. The van der Waals surface area contributed by atoms with E-state index >= 15 is 0 Å². The number of hydrogen-bond donors (Lipinski definition) is 1. The topological polar surface area (TPSA) is 69.4 Å². The lowest BCUT2D eigenvalue weighted by atomic mass is 10.00. The normalized spacial score (nSPS) is 18.8. The van der Waals surface area contributed by atoms with E-state index in [1.165, 1.54) is 0 Å². The minimum atomic E-state index is -0.542. The second-order valence-corrected chi connectivity index (χ2v) is 3.53. The van der Waals surface area contributed by atoms with Crippen LogP contribution < -0.4 is 10.5 Å². The summed E-state index contributed by atoms with van der Waals surface area (Å²) in [5.41, 5.74) is 6.74. The first-order chi connectivity index (χ1) is 7.20. The molecule has 0 aromatic heterocycles. The zero-order chi connectivity index (χ0) is 10.8. The minimum Gasteiger partial charge on any atom is -0.480 e. The molecule has 0 radical (unpaired) electrons. The number of rotatable bonds is 2. The second-order valence-electron chi connectivity index (χ2n) is 3.53. The van der Waals surface area contributed by atoms with E-state index in [1.807, 2.05) is 0 Å². The molecule has 1 amide bonds. The van der Waals surface area contributed by atoms with E-state index in [0.29, 0.717) is 24.2 Å². The van der Waals surface area contributed by atoms with Gasteiger partial charge in [0.05, 0.1) is 0 Å². The van der Waals surface area contributed by atoms with Crippen LogP contribution in [0, 0.1) is 0 Å². The van der Waals surface area contributed by atoms with Crippen molar-refractivity contribution in [3.05, 3.63) is 29.3 Å². The average Bonchev–Trinajstić information content (AvgIpc) is 2.27. The molecule has 2 N–H and O–H groups in total. The zero-order valence-corrected chi connectivity index (χ0v) is 8.10. The highest BCUT2D eigenvalue weighted by molar-refractivity contribution is 5.80. The van der Waals surface area contributed by atoms with Crippen LogP contribution in [0.15, 0.2) is 18.2 Å². The van der Waals surface area contributed by atoms with E-state index in [1.54, 1.807) is 18.2 Å². The van der Waals surface area contributed by atoms with Crippen molar-refractivity contribution in [1.29, 1.82) is 0 Å². The van der Waals surface area contributed by atoms with Gasteiger partial charge in [-0.2, -0.15) is 0 Å². The zero-order valence-electron chi connectivity index (χ0n) is 8.10. The molecule has 1 heterocycles. The summed E-state index contributed by atoms with van der Waals surface area (Å²) in [5.74, 6) is 0.204. The van der Waals surface area contributed by atoms with Gasteiger partial charge in [-0.25, -0.2) is 0 Å². The van der Waals surface area contributed by atoms with Crippen LogP contribution in [0.3, 0.4) is 0 Å². The van der Waals surface area contributed by atoms with Gasteiger partial charge < -0.3 is 10.5 Å². The van der Waals surface area contributed by atoms with Crippen LogP contribution in [0.4, 0.5) is 0 Å². The maximum atomic E-state index is 10.9. The first-order valence-corrected chi connectivity index (χ1v) is 4.75. The highest BCUT2D eigenvalue weighted by Crippen LogP contribution is 2.27. The number of amides is 1. The Morgan fingerprint density at radius 2 is 2.33 bits per heavy atom. The van der Waals surface area contributed by atoms with Gasteiger partial charge in [-0.15, -0.1) is 0 Å². The number of benzene rings is 1. The molecule has 1 aliphatic rings. The Morgan fingerprint density at radius 3 is 3.00 bits per heavy atom. The fourth-order valence-electron chi connectivity index (χ4n) is 1.68. The van der Waals surface area contributed by atoms with Crippen LogP contribution >= 0.6 is 0 Å². The molecular formula is C11H11NO3. The second kappa shape index (κ2) is 3.73. The molecule has 1 aromatic carbocycles. The number of aldehydes is 1. The predicted molar refractivity (Wildman–Crippen MR) is 53.8 cm³/mol. The maximum absolute atomic E-state index is 10.9. The molecule has 1 unspecified atom stereocenters. The molecule has 78 valence electrons. The first-order valence-electron chi connectivity index (χ1n) is 4.75. The summed E-state index contributed by atoms with van der Waals surface area (Å²) in [5, 5.41) is 0. The van der Waals surface area contributed by atoms with E-state index in [9.17, 15) is 9.59 Å². The van der Waals surface area contributed by atoms with Crippen molar-refractivity contribution in [2.24, 2.45) is 5.73 Å². The lowest BCUT2D eigenvalue weighted by molar-refractivity contribution is -0.125. The third kappa shape index (κ3) is 1.83. The summed E-state index contributed by atoms with van der Waals surface area (Å²) >= 11 is 0. The molecule has 1 aliphatic heterocycles. The van der Waals surface area contributed by atoms with Crippen LogP contribution in [0.1, 0.15) is 22.3 Å². The predicted octanol–water partition coefficient (Wildman–Crippen LogP) is 0.678. The summed E-state index contributed by atoms with van der Waals surface area (Å²) in [7, 11) is 0. The van der Waals surface area contributed by atoms with Gasteiger partial charge in [0.2, 0.25) is 0 Å².